The Morgan fingerprint density at radius 1 is 1.16 bits per heavy atom. The van der Waals surface area contributed by atoms with Crippen molar-refractivity contribution in [2.45, 2.75) is 63.2 Å². The van der Waals surface area contributed by atoms with Crippen LogP contribution in [-0.4, -0.2) is 36.0 Å². The summed E-state index contributed by atoms with van der Waals surface area (Å²) in [6, 6.07) is 0.448. The average molecular weight is 284 g/mol. The summed E-state index contributed by atoms with van der Waals surface area (Å²) in [4.78, 5) is 12.0. The molecule has 2 N–H and O–H groups in total. The van der Waals surface area contributed by atoms with Crippen molar-refractivity contribution >= 4 is 17.7 Å². The zero-order valence-corrected chi connectivity index (χ0v) is 12.9. The minimum atomic E-state index is 0.253. The molecule has 110 valence electrons. The van der Waals surface area contributed by atoms with E-state index in [0.717, 1.165) is 19.0 Å². The molecule has 2 aliphatic rings. The van der Waals surface area contributed by atoms with E-state index in [0.29, 0.717) is 17.0 Å². The Morgan fingerprint density at radius 3 is 2.47 bits per heavy atom. The molecule has 3 nitrogen and oxygen atoms in total. The number of piperidine rings is 1. The Morgan fingerprint density at radius 2 is 1.84 bits per heavy atom. The first-order chi connectivity index (χ1) is 9.28. The first-order valence-corrected chi connectivity index (χ1v) is 8.94. The van der Waals surface area contributed by atoms with Gasteiger partial charge in [0.05, 0.1) is 5.75 Å². The monoisotopic (exact) mass is 284 g/mol. The highest BCUT2D eigenvalue weighted by atomic mass is 32.2. The van der Waals surface area contributed by atoms with Gasteiger partial charge in [-0.25, -0.2) is 0 Å². The third-order valence-electron chi connectivity index (χ3n) is 4.53. The Kier molecular flexibility index (Phi) is 6.51. The lowest BCUT2D eigenvalue weighted by atomic mass is 9.84. The minimum Gasteiger partial charge on any atom is -0.353 e. The Hall–Kier alpha value is -0.220. The molecule has 0 bridgehead atoms. The van der Waals surface area contributed by atoms with Gasteiger partial charge in [0.2, 0.25) is 5.91 Å². The van der Waals surface area contributed by atoms with Crippen LogP contribution in [0.1, 0.15) is 51.9 Å². The molecule has 1 saturated carbocycles. The maximum atomic E-state index is 12.0. The lowest BCUT2D eigenvalue weighted by Crippen LogP contribution is -2.39. The highest BCUT2D eigenvalue weighted by Gasteiger charge is 2.22. The molecule has 1 amide bonds. The number of hydrogen-bond acceptors (Lipinski definition) is 3. The SMILES string of the molecule is CCC1CCC(NC(=O)CSC2CCNCC2)CC1. The lowest BCUT2D eigenvalue weighted by Gasteiger charge is -2.28. The molecular formula is C15H28N2OS. The van der Waals surface area contributed by atoms with Crippen LogP contribution in [0.2, 0.25) is 0 Å². The lowest BCUT2D eigenvalue weighted by molar-refractivity contribution is -0.119. The summed E-state index contributed by atoms with van der Waals surface area (Å²) < 4.78 is 0. The standard InChI is InChI=1S/C15H28N2OS/c1-2-12-3-5-13(6-4-12)17-15(18)11-19-14-7-9-16-10-8-14/h12-14,16H,2-11H2,1H3,(H,17,18). The summed E-state index contributed by atoms with van der Waals surface area (Å²) in [6.45, 7) is 4.50. The predicted octanol–water partition coefficient (Wildman–Crippen LogP) is 2.56. The van der Waals surface area contributed by atoms with Gasteiger partial charge >= 0.3 is 0 Å². The normalized spacial score (nSPS) is 29.1. The number of carbonyl (C=O) groups is 1. The van der Waals surface area contributed by atoms with E-state index < -0.39 is 0 Å². The van der Waals surface area contributed by atoms with E-state index in [1.165, 1.54) is 44.9 Å². The largest absolute Gasteiger partial charge is 0.353 e. The second-order valence-electron chi connectivity index (χ2n) is 5.95. The van der Waals surface area contributed by atoms with Gasteiger partial charge in [-0.05, 0) is 57.5 Å². The second kappa shape index (κ2) is 8.15. The van der Waals surface area contributed by atoms with Gasteiger partial charge in [-0.2, -0.15) is 0 Å². The zero-order valence-electron chi connectivity index (χ0n) is 12.1. The fourth-order valence-corrected chi connectivity index (χ4v) is 4.18. The Labute approximate surface area is 121 Å². The van der Waals surface area contributed by atoms with Crippen LogP contribution in [0.3, 0.4) is 0 Å². The summed E-state index contributed by atoms with van der Waals surface area (Å²) in [7, 11) is 0. The highest BCUT2D eigenvalue weighted by Crippen LogP contribution is 2.26. The number of thioether (sulfide) groups is 1. The van der Waals surface area contributed by atoms with E-state index in [1.54, 1.807) is 0 Å². The number of rotatable bonds is 5. The molecule has 1 heterocycles. The van der Waals surface area contributed by atoms with E-state index in [2.05, 4.69) is 17.6 Å². The predicted molar refractivity (Wildman–Crippen MR) is 82.5 cm³/mol. The fourth-order valence-electron chi connectivity index (χ4n) is 3.14. The maximum Gasteiger partial charge on any atom is 0.230 e. The molecule has 0 radical (unpaired) electrons. The van der Waals surface area contributed by atoms with Crippen molar-refractivity contribution in [3.63, 3.8) is 0 Å². The van der Waals surface area contributed by atoms with Gasteiger partial charge < -0.3 is 10.6 Å². The highest BCUT2D eigenvalue weighted by molar-refractivity contribution is 8.00. The van der Waals surface area contributed by atoms with Gasteiger partial charge in [-0.3, -0.25) is 4.79 Å². The second-order valence-corrected chi connectivity index (χ2v) is 7.24. The molecule has 0 spiro atoms. The first-order valence-electron chi connectivity index (χ1n) is 7.89. The van der Waals surface area contributed by atoms with Crippen molar-refractivity contribution in [3.05, 3.63) is 0 Å². The zero-order chi connectivity index (χ0) is 13.5. The van der Waals surface area contributed by atoms with Crippen molar-refractivity contribution in [2.24, 2.45) is 5.92 Å². The molecule has 1 aliphatic heterocycles. The van der Waals surface area contributed by atoms with E-state index in [-0.39, 0.29) is 5.91 Å². The average Bonchev–Trinajstić information content (AvgIpc) is 2.47. The molecule has 2 fully saturated rings. The summed E-state index contributed by atoms with van der Waals surface area (Å²) in [6.07, 6.45) is 8.67. The molecule has 0 aromatic heterocycles. The number of amides is 1. The smallest absolute Gasteiger partial charge is 0.230 e. The minimum absolute atomic E-state index is 0.253. The van der Waals surface area contributed by atoms with Crippen LogP contribution >= 0.6 is 11.8 Å². The van der Waals surface area contributed by atoms with Crippen LogP contribution in [0.15, 0.2) is 0 Å². The molecule has 2 rings (SSSR count). The third-order valence-corrected chi connectivity index (χ3v) is 5.90. The maximum absolute atomic E-state index is 12.0. The van der Waals surface area contributed by atoms with Crippen molar-refractivity contribution in [1.82, 2.24) is 10.6 Å². The van der Waals surface area contributed by atoms with Crippen LogP contribution in [-0.2, 0) is 4.79 Å². The summed E-state index contributed by atoms with van der Waals surface area (Å²) in [5, 5.41) is 7.27. The summed E-state index contributed by atoms with van der Waals surface area (Å²) in [5.74, 6) is 1.80. The van der Waals surface area contributed by atoms with Crippen LogP contribution in [0.4, 0.5) is 0 Å². The molecule has 0 aromatic carbocycles. The van der Waals surface area contributed by atoms with E-state index in [1.807, 2.05) is 11.8 Å². The molecule has 4 heteroatoms. The van der Waals surface area contributed by atoms with Gasteiger partial charge in [-0.1, -0.05) is 13.3 Å². The molecular weight excluding hydrogens is 256 g/mol. The van der Waals surface area contributed by atoms with Crippen molar-refractivity contribution in [2.75, 3.05) is 18.8 Å². The quantitative estimate of drug-likeness (QED) is 0.815. The number of hydrogen-bond donors (Lipinski definition) is 2. The van der Waals surface area contributed by atoms with Gasteiger partial charge in [0.15, 0.2) is 0 Å². The Bertz CT molecular complexity index is 271. The van der Waals surface area contributed by atoms with Gasteiger partial charge in [-0.15, -0.1) is 11.8 Å². The van der Waals surface area contributed by atoms with Crippen molar-refractivity contribution < 1.29 is 4.79 Å². The third kappa shape index (κ3) is 5.35. The van der Waals surface area contributed by atoms with Crippen LogP contribution in [0.5, 0.6) is 0 Å². The topological polar surface area (TPSA) is 41.1 Å². The first kappa shape index (κ1) is 15.2. The fraction of sp³-hybridized carbons (Fsp3) is 0.933. The molecule has 1 saturated heterocycles. The van der Waals surface area contributed by atoms with E-state index in [9.17, 15) is 4.79 Å². The molecule has 0 atom stereocenters. The molecule has 1 aliphatic carbocycles. The molecule has 19 heavy (non-hydrogen) atoms. The number of nitrogens with one attached hydrogen (secondary N) is 2. The van der Waals surface area contributed by atoms with Gasteiger partial charge in [0.25, 0.3) is 0 Å². The van der Waals surface area contributed by atoms with E-state index >= 15 is 0 Å². The Balaban J connectivity index is 1.59. The van der Waals surface area contributed by atoms with Crippen molar-refractivity contribution in [1.29, 1.82) is 0 Å². The molecule has 0 aromatic rings. The van der Waals surface area contributed by atoms with Gasteiger partial charge in [0.1, 0.15) is 0 Å². The van der Waals surface area contributed by atoms with Crippen LogP contribution in [0, 0.1) is 5.92 Å². The molecule has 0 unspecified atom stereocenters. The summed E-state index contributed by atoms with van der Waals surface area (Å²) >= 11 is 1.85. The van der Waals surface area contributed by atoms with Gasteiger partial charge in [0, 0.05) is 11.3 Å². The van der Waals surface area contributed by atoms with Crippen LogP contribution in [0.25, 0.3) is 0 Å². The summed E-state index contributed by atoms with van der Waals surface area (Å²) in [5.41, 5.74) is 0. The van der Waals surface area contributed by atoms with Crippen LogP contribution < -0.4 is 10.6 Å². The number of carbonyl (C=O) groups excluding carboxylic acids is 1. The van der Waals surface area contributed by atoms with Crippen molar-refractivity contribution in [3.8, 4) is 0 Å². The van der Waals surface area contributed by atoms with E-state index in [4.69, 9.17) is 0 Å².